The van der Waals surface area contributed by atoms with E-state index < -0.39 is 11.8 Å². The van der Waals surface area contributed by atoms with Gasteiger partial charge in [-0.15, -0.1) is 11.8 Å². The molecular formula is C34H30BrN3O5S. The Morgan fingerprint density at radius 2 is 1.57 bits per heavy atom. The molecule has 0 aliphatic carbocycles. The number of amides is 3. The molecule has 10 heteroatoms. The van der Waals surface area contributed by atoms with Gasteiger partial charge < -0.3 is 25.4 Å². The zero-order valence-corrected chi connectivity index (χ0v) is 26.2. The van der Waals surface area contributed by atoms with Gasteiger partial charge in [0.05, 0.1) is 5.25 Å². The molecule has 0 saturated heterocycles. The number of hydrogen-bond acceptors (Lipinski definition) is 6. The Labute approximate surface area is 268 Å². The molecule has 0 radical (unpaired) electrons. The first-order chi connectivity index (χ1) is 21.4. The monoisotopic (exact) mass is 671 g/mol. The van der Waals surface area contributed by atoms with Crippen molar-refractivity contribution in [2.75, 3.05) is 23.8 Å². The predicted molar refractivity (Wildman–Crippen MR) is 177 cm³/mol. The molecule has 8 nitrogen and oxygen atoms in total. The number of anilines is 2. The van der Waals surface area contributed by atoms with Crippen LogP contribution in [0.3, 0.4) is 0 Å². The SMILES string of the molecule is CCC(Sc1cccc(NC(=O)/C(=C/c2ccc(Br)cc2)NC(=O)c2ccccc2)c1)C(=O)Nc1ccc2c(c1)OCCO2. The van der Waals surface area contributed by atoms with Crippen molar-refractivity contribution < 1.29 is 23.9 Å². The molecule has 0 bridgehead atoms. The molecule has 1 atom stereocenters. The molecule has 1 aliphatic heterocycles. The topological polar surface area (TPSA) is 106 Å². The van der Waals surface area contributed by atoms with Gasteiger partial charge in [-0.3, -0.25) is 14.4 Å². The highest BCUT2D eigenvalue weighted by atomic mass is 79.9. The third-order valence-corrected chi connectivity index (χ3v) is 8.44. The van der Waals surface area contributed by atoms with Gasteiger partial charge in [0.1, 0.15) is 18.9 Å². The van der Waals surface area contributed by atoms with Crippen LogP contribution < -0.4 is 25.4 Å². The number of ether oxygens (including phenoxy) is 2. The first-order valence-corrected chi connectivity index (χ1v) is 15.7. The maximum atomic E-state index is 13.5. The first-order valence-electron chi connectivity index (χ1n) is 14.0. The van der Waals surface area contributed by atoms with Gasteiger partial charge in [-0.1, -0.05) is 59.3 Å². The fraction of sp³-hybridized carbons (Fsp3) is 0.147. The Balaban J connectivity index is 1.28. The molecular weight excluding hydrogens is 642 g/mol. The van der Waals surface area contributed by atoms with Crippen molar-refractivity contribution in [2.24, 2.45) is 0 Å². The molecule has 5 rings (SSSR count). The predicted octanol–water partition coefficient (Wildman–Crippen LogP) is 7.14. The van der Waals surface area contributed by atoms with Crippen molar-refractivity contribution in [1.82, 2.24) is 5.32 Å². The first kappa shape index (κ1) is 30.9. The van der Waals surface area contributed by atoms with E-state index in [4.69, 9.17) is 9.47 Å². The van der Waals surface area contributed by atoms with Crippen LogP contribution in [0.25, 0.3) is 6.08 Å². The van der Waals surface area contributed by atoms with Gasteiger partial charge in [-0.05, 0) is 72.7 Å². The van der Waals surface area contributed by atoms with E-state index in [0.717, 1.165) is 14.9 Å². The quantitative estimate of drug-likeness (QED) is 0.122. The molecule has 0 saturated carbocycles. The molecule has 0 fully saturated rings. The average Bonchev–Trinajstić information content (AvgIpc) is 3.04. The number of nitrogens with one attached hydrogen (secondary N) is 3. The van der Waals surface area contributed by atoms with Gasteiger partial charge >= 0.3 is 0 Å². The van der Waals surface area contributed by atoms with Crippen LogP contribution in [0.4, 0.5) is 11.4 Å². The van der Waals surface area contributed by atoms with E-state index in [1.165, 1.54) is 11.8 Å². The molecule has 3 amide bonds. The van der Waals surface area contributed by atoms with Crippen molar-refractivity contribution >= 4 is 62.9 Å². The van der Waals surface area contributed by atoms with E-state index in [0.29, 0.717) is 48.1 Å². The average molecular weight is 673 g/mol. The van der Waals surface area contributed by atoms with Crippen molar-refractivity contribution in [2.45, 2.75) is 23.5 Å². The molecule has 224 valence electrons. The van der Waals surface area contributed by atoms with Gasteiger partial charge in [-0.2, -0.15) is 0 Å². The molecule has 1 heterocycles. The maximum absolute atomic E-state index is 13.5. The third-order valence-electron chi connectivity index (χ3n) is 6.55. The Bertz CT molecular complexity index is 1680. The van der Waals surface area contributed by atoms with Gasteiger partial charge in [0.25, 0.3) is 11.8 Å². The Kier molecular flexibility index (Phi) is 10.4. The highest BCUT2D eigenvalue weighted by Gasteiger charge is 2.21. The second kappa shape index (κ2) is 14.8. The molecule has 4 aromatic rings. The molecule has 44 heavy (non-hydrogen) atoms. The van der Waals surface area contributed by atoms with Crippen LogP contribution in [-0.4, -0.2) is 36.2 Å². The Morgan fingerprint density at radius 1 is 0.841 bits per heavy atom. The van der Waals surface area contributed by atoms with E-state index in [9.17, 15) is 14.4 Å². The minimum absolute atomic E-state index is 0.0875. The summed E-state index contributed by atoms with van der Waals surface area (Å²) in [6.45, 7) is 2.91. The van der Waals surface area contributed by atoms with Crippen molar-refractivity contribution in [3.05, 3.63) is 118 Å². The highest BCUT2D eigenvalue weighted by Crippen LogP contribution is 2.34. The number of hydrogen-bond donors (Lipinski definition) is 3. The van der Waals surface area contributed by atoms with Crippen LogP contribution in [0.5, 0.6) is 11.5 Å². The van der Waals surface area contributed by atoms with Crippen molar-refractivity contribution in [1.29, 1.82) is 0 Å². The number of carbonyl (C=O) groups is 3. The zero-order valence-electron chi connectivity index (χ0n) is 23.8. The van der Waals surface area contributed by atoms with Gasteiger partial charge in [-0.25, -0.2) is 0 Å². The summed E-state index contributed by atoms with van der Waals surface area (Å²) < 4.78 is 12.1. The maximum Gasteiger partial charge on any atom is 0.272 e. The summed E-state index contributed by atoms with van der Waals surface area (Å²) in [7, 11) is 0. The smallest absolute Gasteiger partial charge is 0.272 e. The largest absolute Gasteiger partial charge is 0.486 e. The number of thioether (sulfide) groups is 1. The summed E-state index contributed by atoms with van der Waals surface area (Å²) in [6, 6.07) is 28.7. The number of fused-ring (bicyclic) bond motifs is 1. The minimum Gasteiger partial charge on any atom is -0.486 e. The second-order valence-electron chi connectivity index (χ2n) is 9.77. The molecule has 0 spiro atoms. The number of halogens is 1. The second-order valence-corrected chi connectivity index (χ2v) is 12.0. The van der Waals surface area contributed by atoms with E-state index in [-0.39, 0.29) is 16.9 Å². The normalized spacial score (nSPS) is 13.0. The summed E-state index contributed by atoms with van der Waals surface area (Å²) in [5, 5.41) is 8.23. The Morgan fingerprint density at radius 3 is 2.32 bits per heavy atom. The lowest BCUT2D eigenvalue weighted by Gasteiger charge is -2.20. The van der Waals surface area contributed by atoms with Crippen LogP contribution in [-0.2, 0) is 9.59 Å². The lowest BCUT2D eigenvalue weighted by molar-refractivity contribution is -0.116. The lowest BCUT2D eigenvalue weighted by atomic mass is 10.1. The van der Waals surface area contributed by atoms with Crippen LogP contribution in [0.2, 0.25) is 0 Å². The minimum atomic E-state index is -0.484. The fourth-order valence-electron chi connectivity index (χ4n) is 4.34. The molecule has 1 aliphatic rings. The number of rotatable bonds is 10. The summed E-state index contributed by atoms with van der Waals surface area (Å²) in [6.07, 6.45) is 2.21. The summed E-state index contributed by atoms with van der Waals surface area (Å²) in [5.74, 6) is 0.230. The molecule has 4 aromatic carbocycles. The third kappa shape index (κ3) is 8.30. The van der Waals surface area contributed by atoms with Gasteiger partial charge in [0.2, 0.25) is 5.91 Å². The number of benzene rings is 4. The molecule has 1 unspecified atom stereocenters. The van der Waals surface area contributed by atoms with Crippen LogP contribution in [0.15, 0.2) is 112 Å². The standard InChI is InChI=1S/C34H30BrN3O5S/c1-2-31(34(41)37-26-15-16-29-30(21-26)43-18-17-42-29)44-27-10-6-9-25(20-27)36-33(40)28(19-22-11-13-24(35)14-12-22)38-32(39)23-7-4-3-5-8-23/h3-16,19-21,31H,2,17-18H2,1H3,(H,36,40)(H,37,41)(H,38,39)/b28-19-. The van der Waals surface area contributed by atoms with Gasteiger partial charge in [0.15, 0.2) is 11.5 Å². The number of carbonyl (C=O) groups excluding carboxylic acids is 3. The Hall–Kier alpha value is -4.54. The molecule has 3 N–H and O–H groups in total. The van der Waals surface area contributed by atoms with Crippen LogP contribution >= 0.6 is 27.7 Å². The van der Waals surface area contributed by atoms with Crippen molar-refractivity contribution in [3.8, 4) is 11.5 Å². The van der Waals surface area contributed by atoms with E-state index in [2.05, 4.69) is 31.9 Å². The zero-order chi connectivity index (χ0) is 30.9. The van der Waals surface area contributed by atoms with Gasteiger partial charge in [0, 0.05) is 32.4 Å². The molecule has 0 aromatic heterocycles. The summed E-state index contributed by atoms with van der Waals surface area (Å²) in [4.78, 5) is 40.4. The highest BCUT2D eigenvalue weighted by molar-refractivity contribution is 9.10. The van der Waals surface area contributed by atoms with E-state index in [1.807, 2.05) is 49.4 Å². The fourth-order valence-corrected chi connectivity index (χ4v) is 5.62. The van der Waals surface area contributed by atoms with Crippen LogP contribution in [0.1, 0.15) is 29.3 Å². The summed E-state index contributed by atoms with van der Waals surface area (Å²) >= 11 is 4.81. The van der Waals surface area contributed by atoms with Crippen molar-refractivity contribution in [3.63, 3.8) is 0 Å². The van der Waals surface area contributed by atoms with Crippen LogP contribution in [0, 0.1) is 0 Å². The van der Waals surface area contributed by atoms with E-state index in [1.54, 1.807) is 60.7 Å². The lowest BCUT2D eigenvalue weighted by Crippen LogP contribution is -2.30. The van der Waals surface area contributed by atoms with E-state index >= 15 is 0 Å². The summed E-state index contributed by atoms with van der Waals surface area (Å²) in [5.41, 5.74) is 2.41.